The SMILES string of the molecule is Cc1cn([C@@H]2CCCN(C)C2)c2nnc(-c3ccc4c(c3O)CCO4)c(C)c12. The molecule has 146 valence electrons. The number of rotatable bonds is 2. The maximum Gasteiger partial charge on any atom is 0.163 e. The first-order valence-corrected chi connectivity index (χ1v) is 10.1. The van der Waals surface area contributed by atoms with Crippen LogP contribution < -0.4 is 4.74 Å². The predicted octanol–water partition coefficient (Wildman–Crippen LogP) is 3.62. The Balaban J connectivity index is 1.64. The predicted molar refractivity (Wildman–Crippen MR) is 109 cm³/mol. The van der Waals surface area contributed by atoms with Crippen LogP contribution in [0.3, 0.4) is 0 Å². The van der Waals surface area contributed by atoms with Crippen molar-refractivity contribution in [3.8, 4) is 22.8 Å². The van der Waals surface area contributed by atoms with Crippen molar-refractivity contribution < 1.29 is 9.84 Å². The van der Waals surface area contributed by atoms with Gasteiger partial charge in [0.2, 0.25) is 0 Å². The lowest BCUT2D eigenvalue weighted by Gasteiger charge is -2.30. The van der Waals surface area contributed by atoms with Crippen LogP contribution in [-0.2, 0) is 6.42 Å². The molecule has 3 aromatic rings. The molecule has 1 aromatic carbocycles. The molecule has 0 spiro atoms. The van der Waals surface area contributed by atoms with Crippen LogP contribution >= 0.6 is 0 Å². The Hall–Kier alpha value is -2.60. The maximum atomic E-state index is 10.8. The molecule has 2 aliphatic heterocycles. The highest BCUT2D eigenvalue weighted by molar-refractivity contribution is 5.89. The minimum Gasteiger partial charge on any atom is -0.507 e. The molecular formula is C22H26N4O2. The normalized spacial score (nSPS) is 19.8. The number of likely N-dealkylation sites (tertiary alicyclic amines) is 1. The van der Waals surface area contributed by atoms with Gasteiger partial charge >= 0.3 is 0 Å². The Kier molecular flexibility index (Phi) is 4.05. The van der Waals surface area contributed by atoms with E-state index in [-0.39, 0.29) is 5.75 Å². The summed E-state index contributed by atoms with van der Waals surface area (Å²) in [5.74, 6) is 1.05. The van der Waals surface area contributed by atoms with E-state index in [0.717, 1.165) is 58.7 Å². The zero-order valence-electron chi connectivity index (χ0n) is 16.7. The van der Waals surface area contributed by atoms with Gasteiger partial charge < -0.3 is 19.3 Å². The molecule has 0 saturated carbocycles. The Morgan fingerprint density at radius 2 is 2.07 bits per heavy atom. The van der Waals surface area contributed by atoms with Gasteiger partial charge in [0.25, 0.3) is 0 Å². The third-order valence-electron chi connectivity index (χ3n) is 6.27. The van der Waals surface area contributed by atoms with Crippen LogP contribution in [0.25, 0.3) is 22.3 Å². The number of aromatic hydroxyl groups is 1. The molecule has 0 radical (unpaired) electrons. The second-order valence-corrected chi connectivity index (χ2v) is 8.19. The fourth-order valence-electron chi connectivity index (χ4n) is 4.84. The summed E-state index contributed by atoms with van der Waals surface area (Å²) in [6, 6.07) is 4.25. The van der Waals surface area contributed by atoms with Crippen molar-refractivity contribution in [2.45, 2.75) is 39.2 Å². The second-order valence-electron chi connectivity index (χ2n) is 8.19. The topological polar surface area (TPSA) is 63.4 Å². The number of benzene rings is 1. The maximum absolute atomic E-state index is 10.8. The zero-order chi connectivity index (χ0) is 19.4. The minimum atomic E-state index is 0.276. The van der Waals surface area contributed by atoms with E-state index in [9.17, 15) is 5.11 Å². The van der Waals surface area contributed by atoms with E-state index < -0.39 is 0 Å². The van der Waals surface area contributed by atoms with E-state index in [2.05, 4.69) is 46.8 Å². The smallest absolute Gasteiger partial charge is 0.163 e. The largest absolute Gasteiger partial charge is 0.507 e. The highest BCUT2D eigenvalue weighted by Gasteiger charge is 2.25. The summed E-state index contributed by atoms with van der Waals surface area (Å²) < 4.78 is 7.87. The van der Waals surface area contributed by atoms with Gasteiger partial charge in [-0.05, 0) is 63.5 Å². The van der Waals surface area contributed by atoms with Crippen molar-refractivity contribution in [2.75, 3.05) is 26.7 Å². The van der Waals surface area contributed by atoms with Crippen LogP contribution in [0.5, 0.6) is 11.5 Å². The van der Waals surface area contributed by atoms with Crippen molar-refractivity contribution in [1.29, 1.82) is 0 Å². The highest BCUT2D eigenvalue weighted by Crippen LogP contribution is 2.42. The molecule has 0 aliphatic carbocycles. The number of ether oxygens (including phenoxy) is 1. The summed E-state index contributed by atoms with van der Waals surface area (Å²) in [6.45, 7) is 7.04. The summed E-state index contributed by atoms with van der Waals surface area (Å²) in [4.78, 5) is 2.38. The van der Waals surface area contributed by atoms with Crippen molar-refractivity contribution in [2.24, 2.45) is 0 Å². The molecule has 1 fully saturated rings. The lowest BCUT2D eigenvalue weighted by atomic mass is 9.99. The fourth-order valence-corrected chi connectivity index (χ4v) is 4.84. The molecule has 2 aromatic heterocycles. The van der Waals surface area contributed by atoms with Gasteiger partial charge in [-0.1, -0.05) is 0 Å². The standard InChI is InChI=1S/C22H26N4O2/c1-13-11-26(15-5-4-9-25(3)12-15)22-19(13)14(2)20(23-24-22)17-6-7-18-16(21(17)27)8-10-28-18/h6-7,11,15,27H,4-5,8-10,12H2,1-3H3/t15-/m1/s1. The second kappa shape index (κ2) is 6.48. The van der Waals surface area contributed by atoms with Crippen LogP contribution in [0, 0.1) is 13.8 Å². The summed E-state index contributed by atoms with van der Waals surface area (Å²) in [7, 11) is 2.18. The molecule has 1 atom stereocenters. The number of likely N-dealkylation sites (N-methyl/N-ethyl adjacent to an activating group) is 1. The number of piperidine rings is 1. The average molecular weight is 378 g/mol. The lowest BCUT2D eigenvalue weighted by molar-refractivity contribution is 0.214. The summed E-state index contributed by atoms with van der Waals surface area (Å²) in [5.41, 5.74) is 5.59. The number of fused-ring (bicyclic) bond motifs is 2. The number of phenols is 1. The summed E-state index contributed by atoms with van der Waals surface area (Å²) >= 11 is 0. The molecule has 0 bridgehead atoms. The first-order chi connectivity index (χ1) is 13.5. The van der Waals surface area contributed by atoms with Crippen LogP contribution in [-0.4, -0.2) is 51.5 Å². The Morgan fingerprint density at radius 1 is 1.21 bits per heavy atom. The first kappa shape index (κ1) is 17.5. The van der Waals surface area contributed by atoms with Crippen molar-refractivity contribution in [3.05, 3.63) is 35.0 Å². The van der Waals surface area contributed by atoms with Gasteiger partial charge in [-0.3, -0.25) is 0 Å². The molecule has 2 aliphatic rings. The Labute approximate surface area is 164 Å². The number of hydrogen-bond donors (Lipinski definition) is 1. The molecule has 0 amide bonds. The molecule has 5 rings (SSSR count). The van der Waals surface area contributed by atoms with Gasteiger partial charge in [0, 0.05) is 41.7 Å². The van der Waals surface area contributed by atoms with Gasteiger partial charge in [0.1, 0.15) is 17.2 Å². The van der Waals surface area contributed by atoms with Gasteiger partial charge in [0.05, 0.1) is 6.61 Å². The zero-order valence-corrected chi connectivity index (χ0v) is 16.7. The van der Waals surface area contributed by atoms with E-state index in [1.54, 1.807) is 0 Å². The molecular weight excluding hydrogens is 352 g/mol. The van der Waals surface area contributed by atoms with Crippen molar-refractivity contribution in [1.82, 2.24) is 19.7 Å². The van der Waals surface area contributed by atoms with Gasteiger partial charge in [-0.2, -0.15) is 0 Å². The molecule has 6 heteroatoms. The number of phenolic OH excluding ortho intramolecular Hbond substituents is 1. The molecule has 6 nitrogen and oxygen atoms in total. The quantitative estimate of drug-likeness (QED) is 0.738. The number of nitrogens with zero attached hydrogens (tertiary/aromatic N) is 4. The summed E-state index contributed by atoms with van der Waals surface area (Å²) in [5, 5.41) is 21.1. The third kappa shape index (κ3) is 2.58. The molecule has 1 saturated heterocycles. The monoisotopic (exact) mass is 378 g/mol. The van der Waals surface area contributed by atoms with E-state index in [1.807, 2.05) is 12.1 Å². The van der Waals surface area contributed by atoms with E-state index in [0.29, 0.717) is 12.6 Å². The van der Waals surface area contributed by atoms with Crippen molar-refractivity contribution >= 4 is 11.0 Å². The average Bonchev–Trinajstić information content (AvgIpc) is 3.28. The molecule has 28 heavy (non-hydrogen) atoms. The van der Waals surface area contributed by atoms with Crippen molar-refractivity contribution in [3.63, 3.8) is 0 Å². The van der Waals surface area contributed by atoms with Crippen LogP contribution in [0.4, 0.5) is 0 Å². The van der Waals surface area contributed by atoms with E-state index in [4.69, 9.17) is 4.74 Å². The van der Waals surface area contributed by atoms with E-state index in [1.165, 1.54) is 18.4 Å². The van der Waals surface area contributed by atoms with Gasteiger partial charge in [-0.15, -0.1) is 10.2 Å². The number of hydrogen-bond acceptors (Lipinski definition) is 5. The van der Waals surface area contributed by atoms with Crippen LogP contribution in [0.1, 0.15) is 35.6 Å². The van der Waals surface area contributed by atoms with Crippen LogP contribution in [0.15, 0.2) is 18.3 Å². The van der Waals surface area contributed by atoms with Crippen LogP contribution in [0.2, 0.25) is 0 Å². The van der Waals surface area contributed by atoms with Gasteiger partial charge in [-0.25, -0.2) is 0 Å². The number of aromatic nitrogens is 3. The van der Waals surface area contributed by atoms with E-state index >= 15 is 0 Å². The third-order valence-corrected chi connectivity index (χ3v) is 6.27. The molecule has 4 heterocycles. The minimum absolute atomic E-state index is 0.276. The highest BCUT2D eigenvalue weighted by atomic mass is 16.5. The first-order valence-electron chi connectivity index (χ1n) is 10.1. The summed E-state index contributed by atoms with van der Waals surface area (Å²) in [6.07, 6.45) is 5.32. The molecule has 0 unspecified atom stereocenters. The van der Waals surface area contributed by atoms with Gasteiger partial charge in [0.15, 0.2) is 5.65 Å². The Morgan fingerprint density at radius 3 is 2.89 bits per heavy atom. The Bertz CT molecular complexity index is 1070. The number of aryl methyl sites for hydroxylation is 2. The molecule has 1 N–H and O–H groups in total. The fraction of sp³-hybridized carbons (Fsp3) is 0.455. The lowest BCUT2D eigenvalue weighted by Crippen LogP contribution is -2.33.